The fraction of sp³-hybridized carbons (Fsp3) is 0.462. The van der Waals surface area contributed by atoms with E-state index in [1.807, 2.05) is 37.3 Å². The van der Waals surface area contributed by atoms with Gasteiger partial charge >= 0.3 is 5.97 Å². The number of esters is 1. The van der Waals surface area contributed by atoms with Gasteiger partial charge in [-0.15, -0.1) is 0 Å². The predicted molar refractivity (Wildman–Crippen MR) is 61.7 cm³/mol. The van der Waals surface area contributed by atoms with Crippen LogP contribution in [0.3, 0.4) is 0 Å². The summed E-state index contributed by atoms with van der Waals surface area (Å²) < 4.78 is 5.16. The van der Waals surface area contributed by atoms with Crippen molar-refractivity contribution in [3.63, 3.8) is 0 Å². The molecule has 0 heterocycles. The van der Waals surface area contributed by atoms with E-state index in [1.54, 1.807) is 6.92 Å². The molecule has 0 spiro atoms. The molecule has 0 aliphatic rings. The molecule has 0 saturated carbocycles. The van der Waals surface area contributed by atoms with E-state index in [0.29, 0.717) is 6.61 Å². The second kappa shape index (κ2) is 6.28. The van der Waals surface area contributed by atoms with Crippen LogP contribution in [0.25, 0.3) is 0 Å². The van der Waals surface area contributed by atoms with Crippen LogP contribution < -0.4 is 0 Å². The summed E-state index contributed by atoms with van der Waals surface area (Å²) in [6.45, 7) is 3.90. The van der Waals surface area contributed by atoms with Crippen molar-refractivity contribution in [2.75, 3.05) is 6.61 Å². The zero-order chi connectivity index (χ0) is 12.0. The molecule has 2 atom stereocenters. The number of ether oxygens (including phenoxy) is 1. The second-order valence-corrected chi connectivity index (χ2v) is 4.04. The van der Waals surface area contributed by atoms with Crippen LogP contribution in [0.15, 0.2) is 30.3 Å². The van der Waals surface area contributed by atoms with E-state index in [0.717, 1.165) is 5.56 Å². The Balaban J connectivity index is 2.41. The first kappa shape index (κ1) is 12.7. The first-order valence-electron chi connectivity index (χ1n) is 5.46. The van der Waals surface area contributed by atoms with Crippen LogP contribution in [-0.2, 0) is 16.1 Å². The molecule has 1 N–H and O–H groups in total. The summed E-state index contributed by atoms with van der Waals surface area (Å²) in [4.78, 5) is 11.6. The van der Waals surface area contributed by atoms with Crippen LogP contribution in [0.5, 0.6) is 0 Å². The summed E-state index contributed by atoms with van der Waals surface area (Å²) in [5, 5.41) is 8.93. The highest BCUT2D eigenvalue weighted by molar-refractivity contribution is 5.72. The lowest BCUT2D eigenvalue weighted by Gasteiger charge is -2.16. The van der Waals surface area contributed by atoms with Crippen molar-refractivity contribution in [1.29, 1.82) is 0 Å². The molecule has 0 unspecified atom stereocenters. The van der Waals surface area contributed by atoms with Crippen LogP contribution in [0.4, 0.5) is 0 Å². The monoisotopic (exact) mass is 222 g/mol. The predicted octanol–water partition coefficient (Wildman–Crippen LogP) is 1.99. The van der Waals surface area contributed by atoms with Gasteiger partial charge in [-0.25, -0.2) is 0 Å². The topological polar surface area (TPSA) is 46.5 Å². The summed E-state index contributed by atoms with van der Waals surface area (Å²) in [7, 11) is 0. The minimum Gasteiger partial charge on any atom is -0.461 e. The standard InChI is InChI=1S/C13H18O3/c1-10(8-14)11(2)13(15)16-9-12-6-4-3-5-7-12/h3-7,10-11,14H,8-9H2,1-2H3/t10-,11-/m0/s1. The van der Waals surface area contributed by atoms with Gasteiger partial charge in [0.2, 0.25) is 0 Å². The number of hydrogen-bond donors (Lipinski definition) is 1. The lowest BCUT2D eigenvalue weighted by atomic mass is 9.97. The number of hydrogen-bond acceptors (Lipinski definition) is 3. The zero-order valence-corrected chi connectivity index (χ0v) is 9.72. The van der Waals surface area contributed by atoms with Gasteiger partial charge in [-0.1, -0.05) is 44.2 Å². The third-order valence-electron chi connectivity index (χ3n) is 2.74. The molecule has 0 bridgehead atoms. The van der Waals surface area contributed by atoms with Crippen LogP contribution in [0.2, 0.25) is 0 Å². The maximum absolute atomic E-state index is 11.6. The Morgan fingerprint density at radius 1 is 1.31 bits per heavy atom. The van der Waals surface area contributed by atoms with Gasteiger partial charge in [0, 0.05) is 6.61 Å². The summed E-state index contributed by atoms with van der Waals surface area (Å²) in [5.41, 5.74) is 0.972. The lowest BCUT2D eigenvalue weighted by Crippen LogP contribution is -2.23. The van der Waals surface area contributed by atoms with Crippen molar-refractivity contribution in [3.05, 3.63) is 35.9 Å². The number of benzene rings is 1. The van der Waals surface area contributed by atoms with E-state index in [1.165, 1.54) is 0 Å². The zero-order valence-electron chi connectivity index (χ0n) is 9.72. The average molecular weight is 222 g/mol. The highest BCUT2D eigenvalue weighted by Crippen LogP contribution is 2.13. The largest absolute Gasteiger partial charge is 0.461 e. The number of aliphatic hydroxyl groups excluding tert-OH is 1. The Bertz CT molecular complexity index is 321. The molecule has 0 aliphatic carbocycles. The van der Waals surface area contributed by atoms with Gasteiger partial charge < -0.3 is 9.84 Å². The number of carbonyl (C=O) groups excluding carboxylic acids is 1. The average Bonchev–Trinajstić information content (AvgIpc) is 2.35. The van der Waals surface area contributed by atoms with Crippen molar-refractivity contribution in [1.82, 2.24) is 0 Å². The molecule has 0 fully saturated rings. The third-order valence-corrected chi connectivity index (χ3v) is 2.74. The maximum Gasteiger partial charge on any atom is 0.309 e. The molecule has 1 aromatic rings. The molecule has 1 rings (SSSR count). The Labute approximate surface area is 96.1 Å². The third kappa shape index (κ3) is 3.66. The molecule has 16 heavy (non-hydrogen) atoms. The maximum atomic E-state index is 11.6. The van der Waals surface area contributed by atoms with Crippen molar-refractivity contribution in [2.45, 2.75) is 20.5 Å². The van der Waals surface area contributed by atoms with E-state index in [4.69, 9.17) is 9.84 Å². The van der Waals surface area contributed by atoms with E-state index in [-0.39, 0.29) is 24.4 Å². The van der Waals surface area contributed by atoms with Gasteiger partial charge in [0.25, 0.3) is 0 Å². The minimum atomic E-state index is -0.270. The van der Waals surface area contributed by atoms with Crippen LogP contribution in [-0.4, -0.2) is 17.7 Å². The van der Waals surface area contributed by atoms with Crippen molar-refractivity contribution >= 4 is 5.97 Å². The molecule has 88 valence electrons. The quantitative estimate of drug-likeness (QED) is 0.775. The Morgan fingerprint density at radius 2 is 1.94 bits per heavy atom. The number of carbonyl (C=O) groups is 1. The van der Waals surface area contributed by atoms with Gasteiger partial charge in [-0.3, -0.25) is 4.79 Å². The minimum absolute atomic E-state index is 0.00159. The summed E-state index contributed by atoms with van der Waals surface area (Å²) in [6, 6.07) is 9.55. The summed E-state index contributed by atoms with van der Waals surface area (Å²) >= 11 is 0. The van der Waals surface area contributed by atoms with E-state index < -0.39 is 0 Å². The highest BCUT2D eigenvalue weighted by atomic mass is 16.5. The summed E-state index contributed by atoms with van der Waals surface area (Å²) in [6.07, 6.45) is 0. The molecule has 0 saturated heterocycles. The molecule has 0 aliphatic heterocycles. The highest BCUT2D eigenvalue weighted by Gasteiger charge is 2.20. The molecular weight excluding hydrogens is 204 g/mol. The van der Waals surface area contributed by atoms with Crippen molar-refractivity contribution in [3.8, 4) is 0 Å². The lowest BCUT2D eigenvalue weighted by molar-refractivity contribution is -0.151. The molecule has 0 radical (unpaired) electrons. The van der Waals surface area contributed by atoms with E-state index in [9.17, 15) is 4.79 Å². The first-order valence-corrected chi connectivity index (χ1v) is 5.46. The molecule has 0 amide bonds. The molecule has 3 heteroatoms. The van der Waals surface area contributed by atoms with Crippen molar-refractivity contribution < 1.29 is 14.6 Å². The summed E-state index contributed by atoms with van der Waals surface area (Å²) in [5.74, 6) is -0.595. The number of aliphatic hydroxyl groups is 1. The van der Waals surface area contributed by atoms with E-state index in [2.05, 4.69) is 0 Å². The Hall–Kier alpha value is -1.35. The van der Waals surface area contributed by atoms with Crippen LogP contribution in [0, 0.1) is 11.8 Å². The smallest absolute Gasteiger partial charge is 0.309 e. The Kier molecular flexibility index (Phi) is 4.99. The normalized spacial score (nSPS) is 14.2. The van der Waals surface area contributed by atoms with Crippen LogP contribution in [0.1, 0.15) is 19.4 Å². The van der Waals surface area contributed by atoms with E-state index >= 15 is 0 Å². The van der Waals surface area contributed by atoms with Gasteiger partial charge in [0.05, 0.1) is 5.92 Å². The number of rotatable bonds is 5. The van der Waals surface area contributed by atoms with Gasteiger partial charge in [0.15, 0.2) is 0 Å². The fourth-order valence-corrected chi connectivity index (χ4v) is 1.25. The molecular formula is C13H18O3. The molecule has 0 aromatic heterocycles. The fourth-order valence-electron chi connectivity index (χ4n) is 1.25. The molecule has 1 aromatic carbocycles. The van der Waals surface area contributed by atoms with Gasteiger partial charge in [0.1, 0.15) is 6.61 Å². The van der Waals surface area contributed by atoms with Gasteiger partial charge in [-0.05, 0) is 11.5 Å². The SMILES string of the molecule is C[C@H](C(=O)OCc1ccccc1)[C@@H](C)CO. The molecule has 3 nitrogen and oxygen atoms in total. The second-order valence-electron chi connectivity index (χ2n) is 4.04. The van der Waals surface area contributed by atoms with Crippen LogP contribution >= 0.6 is 0 Å². The Morgan fingerprint density at radius 3 is 2.50 bits per heavy atom. The first-order chi connectivity index (χ1) is 7.65. The van der Waals surface area contributed by atoms with Crippen molar-refractivity contribution in [2.24, 2.45) is 11.8 Å². The van der Waals surface area contributed by atoms with Gasteiger partial charge in [-0.2, -0.15) is 0 Å².